The number of hydrogen-bond acceptors (Lipinski definition) is 4. The van der Waals surface area contributed by atoms with E-state index >= 15 is 0 Å². The van der Waals surface area contributed by atoms with Crippen LogP contribution >= 0.6 is 0 Å². The van der Waals surface area contributed by atoms with Crippen molar-refractivity contribution in [1.29, 1.82) is 0 Å². The third kappa shape index (κ3) is 8.59. The second kappa shape index (κ2) is 15.0. The fourth-order valence-corrected chi connectivity index (χ4v) is 5.75. The molecule has 1 radical (unpaired) electrons. The van der Waals surface area contributed by atoms with Crippen LogP contribution in [0.15, 0.2) is 95.7 Å². The Bertz CT molecular complexity index is 2320. The summed E-state index contributed by atoms with van der Waals surface area (Å²) >= 11 is 0. The van der Waals surface area contributed by atoms with Crippen LogP contribution in [0.5, 0.6) is 0 Å². The van der Waals surface area contributed by atoms with E-state index in [1.807, 2.05) is 30.6 Å². The summed E-state index contributed by atoms with van der Waals surface area (Å²) in [5, 5.41) is 1.64. The normalized spacial score (nSPS) is 12.4. The van der Waals surface area contributed by atoms with Crippen molar-refractivity contribution in [2.24, 2.45) is 5.41 Å². The summed E-state index contributed by atoms with van der Waals surface area (Å²) in [6, 6.07) is 32.8. The van der Waals surface area contributed by atoms with E-state index in [0.717, 1.165) is 51.7 Å². The van der Waals surface area contributed by atoms with E-state index in [2.05, 4.69) is 124 Å². The van der Waals surface area contributed by atoms with Crippen LogP contribution in [0.25, 0.3) is 44.6 Å². The Morgan fingerprint density at radius 3 is 2.18 bits per heavy atom. The number of aryl methyl sites for hydroxylation is 5. The summed E-state index contributed by atoms with van der Waals surface area (Å²) in [5.74, 6) is 0. The predicted octanol–water partition coefficient (Wildman–Crippen LogP) is 11.1. The van der Waals surface area contributed by atoms with Gasteiger partial charge in [-0.25, -0.2) is 4.98 Å². The smallest absolute Gasteiger partial charge is 0.216 e. The van der Waals surface area contributed by atoms with E-state index < -0.39 is 6.85 Å². The molecular weight excluding hydrogens is 779 g/mol. The maximum atomic E-state index is 7.66. The van der Waals surface area contributed by atoms with Crippen LogP contribution in [-0.2, 0) is 32.9 Å². The number of benzene rings is 3. The second-order valence-corrected chi connectivity index (χ2v) is 13.9. The van der Waals surface area contributed by atoms with Crippen molar-refractivity contribution in [3.05, 3.63) is 148 Å². The van der Waals surface area contributed by atoms with Crippen molar-refractivity contribution in [3.63, 3.8) is 0 Å². The number of aromatic nitrogens is 3. The Morgan fingerprint density at radius 1 is 0.755 bits per heavy atom. The fourth-order valence-electron chi connectivity index (χ4n) is 5.75. The van der Waals surface area contributed by atoms with E-state index in [4.69, 9.17) is 8.53 Å². The van der Waals surface area contributed by atoms with Crippen molar-refractivity contribution in [2.75, 3.05) is 0 Å². The van der Waals surface area contributed by atoms with Gasteiger partial charge in [0, 0.05) is 47.7 Å². The molecule has 0 saturated heterocycles. The maximum Gasteiger partial charge on any atom is 0.216 e. The molecule has 4 aromatic heterocycles. The van der Waals surface area contributed by atoms with Crippen LogP contribution in [0, 0.1) is 52.1 Å². The van der Waals surface area contributed by atoms with Gasteiger partial charge in [0.1, 0.15) is 0 Å². The molecule has 4 nitrogen and oxygen atoms in total. The van der Waals surface area contributed by atoms with Crippen molar-refractivity contribution >= 4 is 22.1 Å². The average Bonchev–Trinajstić information content (AvgIpc) is 3.46. The minimum absolute atomic E-state index is 0. The third-order valence-electron chi connectivity index (χ3n) is 8.54. The molecule has 0 fully saturated rings. The Balaban J connectivity index is 0.000000274. The molecule has 251 valence electrons. The van der Waals surface area contributed by atoms with E-state index in [-0.39, 0.29) is 31.2 Å². The van der Waals surface area contributed by atoms with Gasteiger partial charge in [-0.05, 0) is 97.2 Å². The minimum atomic E-state index is -2.29. The first-order chi connectivity index (χ1) is 24.1. The molecule has 3 aromatic carbocycles. The molecule has 0 bridgehead atoms. The molecule has 0 atom stereocenters. The zero-order valence-corrected chi connectivity index (χ0v) is 31.6. The van der Waals surface area contributed by atoms with E-state index in [9.17, 15) is 0 Å². The summed E-state index contributed by atoms with van der Waals surface area (Å²) in [4.78, 5) is 13.4. The quantitative estimate of drug-likeness (QED) is 0.162. The van der Waals surface area contributed by atoms with Gasteiger partial charge in [0.2, 0.25) is 5.71 Å². The Kier molecular flexibility index (Phi) is 9.73. The Labute approximate surface area is 308 Å². The molecule has 0 saturated carbocycles. The van der Waals surface area contributed by atoms with Crippen molar-refractivity contribution in [1.82, 2.24) is 15.0 Å². The summed E-state index contributed by atoms with van der Waals surface area (Å²) in [6.45, 7) is 12.8. The minimum Gasteiger partial charge on any atom is -0.486 e. The van der Waals surface area contributed by atoms with E-state index in [1.54, 1.807) is 6.07 Å². The molecule has 0 aliphatic heterocycles. The number of hydrogen-bond donors (Lipinski definition) is 0. The van der Waals surface area contributed by atoms with Gasteiger partial charge in [0.25, 0.3) is 0 Å². The summed E-state index contributed by atoms with van der Waals surface area (Å²) in [5.41, 5.74) is 13.4. The molecule has 7 aromatic rings. The van der Waals surface area contributed by atoms with Gasteiger partial charge in [0.05, 0.1) is 5.58 Å². The molecule has 5 heteroatoms. The predicted molar refractivity (Wildman–Crippen MR) is 198 cm³/mol. The zero-order valence-electron chi connectivity index (χ0n) is 32.2. The van der Waals surface area contributed by atoms with Gasteiger partial charge in [-0.1, -0.05) is 80.6 Å². The van der Waals surface area contributed by atoms with E-state index in [1.165, 1.54) is 39.4 Å². The van der Waals surface area contributed by atoms with Crippen LogP contribution in [0.4, 0.5) is 0 Å². The van der Waals surface area contributed by atoms with Crippen LogP contribution in [0.3, 0.4) is 0 Å². The van der Waals surface area contributed by atoms with Crippen LogP contribution in [-0.4, -0.2) is 15.0 Å². The van der Waals surface area contributed by atoms with E-state index in [0.29, 0.717) is 11.3 Å². The average molecular weight is 825 g/mol. The maximum absolute atomic E-state index is 7.66. The molecule has 0 unspecified atom stereocenters. The standard InChI is InChI=1S/C30H29N2O.C14H14N.Ir/c1-19-18-31-27(16-23(19)15-21-10-12-22(13-11-21)17-30(3,4)5)26-8-6-7-24-25-14-9-20(2)32-29(25)33-28(24)26;1-10-4-6-13(7-5-10)14-8-11(2)12(3)9-15-14;/h6-7,9-14,16,18H,15,17H2,1-5H3;4-6,8-9H,1-3H3;/q2*-1;/i2D3;;. The third-order valence-corrected chi connectivity index (χ3v) is 8.54. The first-order valence-corrected chi connectivity index (χ1v) is 16.3. The number of nitrogens with zero attached hydrogens (tertiary/aromatic N) is 3. The summed E-state index contributed by atoms with van der Waals surface area (Å²) in [7, 11) is 0. The Hall–Kier alpha value is -4.44. The molecule has 0 amide bonds. The van der Waals surface area contributed by atoms with Crippen LogP contribution in [0.1, 0.15) is 69.5 Å². The number of pyridine rings is 3. The van der Waals surface area contributed by atoms with Gasteiger partial charge in [-0.2, -0.15) is 0 Å². The van der Waals surface area contributed by atoms with Crippen molar-refractivity contribution < 1.29 is 28.6 Å². The number of fused-ring (bicyclic) bond motifs is 3. The SMILES string of the molecule is Cc1c[c-]c(-c2cc(C)c(C)cn2)cc1.[2H]C([2H])([2H])c1ccc2c(n1)oc1c(-c3cc(Cc4ccc(CC(C)(C)C)cc4)c(C)cn3)[c-]ccc12.[Ir]. The molecular formula is C44H43IrN3O-2. The molecule has 49 heavy (non-hydrogen) atoms. The first-order valence-electron chi connectivity index (χ1n) is 17.8. The van der Waals surface area contributed by atoms with Crippen molar-refractivity contribution in [3.8, 4) is 22.5 Å². The first kappa shape index (κ1) is 31.8. The van der Waals surface area contributed by atoms with Gasteiger partial charge in [-0.3, -0.25) is 0 Å². The second-order valence-electron chi connectivity index (χ2n) is 13.9. The van der Waals surface area contributed by atoms with Gasteiger partial charge in [-0.15, -0.1) is 53.6 Å². The van der Waals surface area contributed by atoms with Crippen LogP contribution in [0.2, 0.25) is 0 Å². The Morgan fingerprint density at radius 2 is 1.49 bits per heavy atom. The number of furan rings is 1. The van der Waals surface area contributed by atoms with Gasteiger partial charge < -0.3 is 14.4 Å². The molecule has 7 rings (SSSR count). The van der Waals surface area contributed by atoms with Crippen LogP contribution < -0.4 is 0 Å². The monoisotopic (exact) mass is 825 g/mol. The fraction of sp³-hybridized carbons (Fsp3) is 0.250. The molecule has 0 aliphatic rings. The molecule has 4 heterocycles. The molecule has 0 spiro atoms. The largest absolute Gasteiger partial charge is 0.486 e. The van der Waals surface area contributed by atoms with Gasteiger partial charge in [0.15, 0.2) is 0 Å². The summed E-state index contributed by atoms with van der Waals surface area (Å²) < 4.78 is 29.1. The van der Waals surface area contributed by atoms with Gasteiger partial charge >= 0.3 is 0 Å². The zero-order chi connectivity index (χ0) is 36.5. The topological polar surface area (TPSA) is 51.8 Å². The molecule has 0 N–H and O–H groups in total. The number of rotatable bonds is 5. The summed E-state index contributed by atoms with van der Waals surface area (Å²) in [6.07, 6.45) is 5.65. The molecule has 0 aliphatic carbocycles. The van der Waals surface area contributed by atoms with Crippen molar-refractivity contribution in [2.45, 2.75) is 68.2 Å².